The van der Waals surface area contributed by atoms with Crippen LogP contribution in [0.3, 0.4) is 0 Å². The van der Waals surface area contributed by atoms with Gasteiger partial charge in [-0.1, -0.05) is 24.9 Å². The minimum Gasteiger partial charge on any atom is -0.407 e. The van der Waals surface area contributed by atoms with E-state index >= 15 is 0 Å². The summed E-state index contributed by atoms with van der Waals surface area (Å²) in [4.78, 5) is 2.25. The Balaban J connectivity index is 2.14. The number of aromatic nitrogens is 2. The molecular weight excluding hydrogens is 204 g/mol. The third kappa shape index (κ3) is 2.35. The molecule has 16 heavy (non-hydrogen) atoms. The predicted molar refractivity (Wildman–Crippen MR) is 62.1 cm³/mol. The average Bonchev–Trinajstić information content (AvgIpc) is 2.66. The Hall–Kier alpha value is -1.10. The standard InChI is InChI=1S/C11H20N4O/c1-2-9-6-4-3-5-7-15(9)11-14-13-10(8-12)16-11/h9H,2-8,12H2,1H3. The van der Waals surface area contributed by atoms with Crippen LogP contribution in [0.4, 0.5) is 6.01 Å². The van der Waals surface area contributed by atoms with Crippen molar-refractivity contribution in [2.45, 2.75) is 51.6 Å². The fraction of sp³-hybridized carbons (Fsp3) is 0.818. The summed E-state index contributed by atoms with van der Waals surface area (Å²) in [6, 6.07) is 1.18. The van der Waals surface area contributed by atoms with E-state index in [1.54, 1.807) is 0 Å². The van der Waals surface area contributed by atoms with Gasteiger partial charge in [0.05, 0.1) is 6.54 Å². The Morgan fingerprint density at radius 2 is 2.25 bits per heavy atom. The van der Waals surface area contributed by atoms with E-state index < -0.39 is 0 Å². The van der Waals surface area contributed by atoms with Crippen LogP contribution in [0, 0.1) is 0 Å². The molecule has 0 aromatic carbocycles. The molecule has 2 rings (SSSR count). The summed E-state index contributed by atoms with van der Waals surface area (Å²) in [6.07, 6.45) is 6.14. The normalized spacial score (nSPS) is 22.1. The van der Waals surface area contributed by atoms with Gasteiger partial charge in [0.1, 0.15) is 0 Å². The molecular formula is C11H20N4O. The fourth-order valence-corrected chi connectivity index (χ4v) is 2.30. The summed E-state index contributed by atoms with van der Waals surface area (Å²) >= 11 is 0. The van der Waals surface area contributed by atoms with Crippen LogP contribution in [0.15, 0.2) is 4.42 Å². The molecule has 1 aromatic heterocycles. The van der Waals surface area contributed by atoms with Crippen LogP contribution in [0.2, 0.25) is 0 Å². The van der Waals surface area contributed by atoms with Crippen LogP contribution >= 0.6 is 0 Å². The highest BCUT2D eigenvalue weighted by atomic mass is 16.4. The lowest BCUT2D eigenvalue weighted by molar-refractivity contribution is 0.453. The molecule has 1 atom stereocenters. The summed E-state index contributed by atoms with van der Waals surface area (Å²) < 4.78 is 5.54. The summed E-state index contributed by atoms with van der Waals surface area (Å²) in [5, 5.41) is 8.01. The molecule has 5 nitrogen and oxygen atoms in total. The third-order valence-corrected chi connectivity index (χ3v) is 3.22. The summed E-state index contributed by atoms with van der Waals surface area (Å²) in [5.41, 5.74) is 5.48. The van der Waals surface area contributed by atoms with Crippen molar-refractivity contribution in [1.29, 1.82) is 0 Å². The first-order chi connectivity index (χ1) is 7.85. The fourth-order valence-electron chi connectivity index (χ4n) is 2.30. The Kier molecular flexibility index (Phi) is 3.77. The van der Waals surface area contributed by atoms with Crippen LogP contribution in [-0.4, -0.2) is 22.8 Å². The molecule has 1 aliphatic rings. The molecule has 1 aliphatic heterocycles. The van der Waals surface area contributed by atoms with Gasteiger partial charge < -0.3 is 15.1 Å². The summed E-state index contributed by atoms with van der Waals surface area (Å²) in [7, 11) is 0. The van der Waals surface area contributed by atoms with E-state index in [1.165, 1.54) is 25.7 Å². The average molecular weight is 224 g/mol. The molecule has 0 radical (unpaired) electrons. The Morgan fingerprint density at radius 3 is 2.94 bits per heavy atom. The number of rotatable bonds is 3. The quantitative estimate of drug-likeness (QED) is 0.846. The molecule has 2 heterocycles. The molecule has 1 fully saturated rings. The second-order valence-electron chi connectivity index (χ2n) is 4.29. The van der Waals surface area contributed by atoms with Crippen molar-refractivity contribution in [2.75, 3.05) is 11.4 Å². The molecule has 0 bridgehead atoms. The molecule has 0 saturated carbocycles. The van der Waals surface area contributed by atoms with E-state index in [0.29, 0.717) is 24.5 Å². The second-order valence-corrected chi connectivity index (χ2v) is 4.29. The molecule has 1 aromatic rings. The molecule has 2 N–H and O–H groups in total. The summed E-state index contributed by atoms with van der Waals surface area (Å²) in [6.45, 7) is 3.55. The summed E-state index contributed by atoms with van der Waals surface area (Å²) in [5.74, 6) is 0.522. The van der Waals surface area contributed by atoms with Gasteiger partial charge in [0.15, 0.2) is 0 Å². The maximum atomic E-state index is 5.54. The van der Waals surface area contributed by atoms with E-state index in [-0.39, 0.29) is 0 Å². The SMILES string of the molecule is CCC1CCCCCN1c1nnc(CN)o1. The highest BCUT2D eigenvalue weighted by Crippen LogP contribution is 2.24. The van der Waals surface area contributed by atoms with Crippen LogP contribution in [0.5, 0.6) is 0 Å². The Bertz CT molecular complexity index is 326. The first kappa shape index (κ1) is 11.4. The maximum absolute atomic E-state index is 5.54. The molecule has 0 amide bonds. The zero-order chi connectivity index (χ0) is 11.4. The number of anilines is 1. The van der Waals surface area contributed by atoms with Gasteiger partial charge in [-0.25, -0.2) is 0 Å². The van der Waals surface area contributed by atoms with Crippen molar-refractivity contribution >= 4 is 6.01 Å². The van der Waals surface area contributed by atoms with Gasteiger partial charge in [0.25, 0.3) is 0 Å². The number of hydrogen-bond acceptors (Lipinski definition) is 5. The van der Waals surface area contributed by atoms with E-state index in [2.05, 4.69) is 22.0 Å². The van der Waals surface area contributed by atoms with Gasteiger partial charge in [-0.05, 0) is 19.3 Å². The topological polar surface area (TPSA) is 68.2 Å². The van der Waals surface area contributed by atoms with Gasteiger partial charge in [-0.2, -0.15) is 0 Å². The minimum absolute atomic E-state index is 0.317. The van der Waals surface area contributed by atoms with Crippen LogP contribution in [0.1, 0.15) is 44.9 Å². The van der Waals surface area contributed by atoms with Crippen molar-refractivity contribution in [3.63, 3.8) is 0 Å². The largest absolute Gasteiger partial charge is 0.407 e. The monoisotopic (exact) mass is 224 g/mol. The van der Waals surface area contributed by atoms with Crippen molar-refractivity contribution in [3.8, 4) is 0 Å². The highest BCUT2D eigenvalue weighted by Gasteiger charge is 2.23. The van der Waals surface area contributed by atoms with Gasteiger partial charge in [0, 0.05) is 12.6 Å². The number of nitrogens with zero attached hydrogens (tertiary/aromatic N) is 3. The predicted octanol–water partition coefficient (Wildman–Crippen LogP) is 1.69. The zero-order valence-corrected chi connectivity index (χ0v) is 9.85. The lowest BCUT2D eigenvalue weighted by Crippen LogP contribution is -2.34. The smallest absolute Gasteiger partial charge is 0.318 e. The zero-order valence-electron chi connectivity index (χ0n) is 9.85. The van der Waals surface area contributed by atoms with Crippen LogP contribution in [-0.2, 0) is 6.54 Å². The Labute approximate surface area is 96.0 Å². The molecule has 90 valence electrons. The van der Waals surface area contributed by atoms with Crippen molar-refractivity contribution < 1.29 is 4.42 Å². The second kappa shape index (κ2) is 5.30. The molecule has 5 heteroatoms. The van der Waals surface area contributed by atoms with Crippen molar-refractivity contribution in [1.82, 2.24) is 10.2 Å². The maximum Gasteiger partial charge on any atom is 0.318 e. The molecule has 1 unspecified atom stereocenters. The first-order valence-corrected chi connectivity index (χ1v) is 6.14. The van der Waals surface area contributed by atoms with Crippen molar-refractivity contribution in [2.24, 2.45) is 5.73 Å². The van der Waals surface area contributed by atoms with Gasteiger partial charge in [-0.3, -0.25) is 0 Å². The third-order valence-electron chi connectivity index (χ3n) is 3.22. The molecule has 1 saturated heterocycles. The molecule has 0 aliphatic carbocycles. The minimum atomic E-state index is 0.317. The number of hydrogen-bond donors (Lipinski definition) is 1. The van der Waals surface area contributed by atoms with Gasteiger partial charge in [-0.15, -0.1) is 5.10 Å². The number of nitrogens with two attached hydrogens (primary N) is 1. The first-order valence-electron chi connectivity index (χ1n) is 6.14. The lowest BCUT2D eigenvalue weighted by atomic mass is 10.1. The van der Waals surface area contributed by atoms with E-state index in [0.717, 1.165) is 13.0 Å². The van der Waals surface area contributed by atoms with E-state index in [4.69, 9.17) is 10.2 Å². The molecule has 0 spiro atoms. The lowest BCUT2D eigenvalue weighted by Gasteiger charge is -2.26. The van der Waals surface area contributed by atoms with Crippen LogP contribution < -0.4 is 10.6 Å². The van der Waals surface area contributed by atoms with Gasteiger partial charge >= 0.3 is 6.01 Å². The van der Waals surface area contributed by atoms with Gasteiger partial charge in [0.2, 0.25) is 5.89 Å². The van der Waals surface area contributed by atoms with Crippen LogP contribution in [0.25, 0.3) is 0 Å². The van der Waals surface area contributed by atoms with E-state index in [9.17, 15) is 0 Å². The van der Waals surface area contributed by atoms with E-state index in [1.807, 2.05) is 0 Å². The Morgan fingerprint density at radius 1 is 1.38 bits per heavy atom. The highest BCUT2D eigenvalue weighted by molar-refractivity contribution is 5.26. The van der Waals surface area contributed by atoms with Crippen molar-refractivity contribution in [3.05, 3.63) is 5.89 Å².